The number of H-pyrrole nitrogens is 1. The van der Waals surface area contributed by atoms with Crippen LogP contribution in [0, 0.1) is 0 Å². The van der Waals surface area contributed by atoms with Crippen LogP contribution in [0.2, 0.25) is 5.02 Å². The monoisotopic (exact) mass is 396 g/mol. The molecule has 0 saturated heterocycles. The number of ketones is 1. The highest BCUT2D eigenvalue weighted by atomic mass is 35.5. The van der Waals surface area contributed by atoms with E-state index in [2.05, 4.69) is 9.97 Å². The molecule has 0 amide bonds. The minimum atomic E-state index is -4.57. The van der Waals surface area contributed by atoms with Crippen LogP contribution >= 0.6 is 11.6 Å². The average Bonchev–Trinajstić information content (AvgIpc) is 2.97. The molecule has 0 spiro atoms. The third-order valence-electron chi connectivity index (χ3n) is 4.15. The number of carbonyl (C=O) groups excluding carboxylic acids is 1. The molecule has 0 bridgehead atoms. The maximum atomic E-state index is 12.8. The Morgan fingerprint density at radius 3 is 2.48 bits per heavy atom. The molecule has 0 fully saturated rings. The molecule has 0 saturated carbocycles. The van der Waals surface area contributed by atoms with Gasteiger partial charge in [0.2, 0.25) is 5.78 Å². The number of carboxylic acid groups (broad SMARTS) is 1. The maximum Gasteiger partial charge on any atom is 0.417 e. The van der Waals surface area contributed by atoms with Crippen LogP contribution in [0.4, 0.5) is 13.2 Å². The maximum absolute atomic E-state index is 12.8. The fourth-order valence-electron chi connectivity index (χ4n) is 2.77. The number of alkyl halides is 3. The number of hydrogen-bond donors (Lipinski definition) is 2. The van der Waals surface area contributed by atoms with Crippen molar-refractivity contribution in [3.05, 3.63) is 64.1 Å². The first-order valence-electron chi connectivity index (χ1n) is 7.71. The lowest BCUT2D eigenvalue weighted by molar-refractivity contribution is -0.139. The first-order valence-corrected chi connectivity index (χ1v) is 8.09. The Morgan fingerprint density at radius 1 is 1.22 bits per heavy atom. The second-order valence-corrected chi connectivity index (χ2v) is 6.36. The summed E-state index contributed by atoms with van der Waals surface area (Å²) in [4.78, 5) is 30.7. The first kappa shape index (κ1) is 18.9. The molecule has 0 aliphatic rings. The van der Waals surface area contributed by atoms with Gasteiger partial charge in [-0.2, -0.15) is 13.2 Å². The van der Waals surface area contributed by atoms with Gasteiger partial charge in [0.1, 0.15) is 5.69 Å². The number of fused-ring (bicyclic) bond motifs is 1. The molecule has 2 N–H and O–H groups in total. The molecule has 27 heavy (non-hydrogen) atoms. The van der Waals surface area contributed by atoms with Crippen LogP contribution in [0.25, 0.3) is 10.9 Å². The third kappa shape index (κ3) is 3.52. The van der Waals surface area contributed by atoms with Crippen LogP contribution in [-0.2, 0) is 11.0 Å². The number of benzene rings is 1. The van der Waals surface area contributed by atoms with Crippen LogP contribution < -0.4 is 0 Å². The number of hydrogen-bond acceptors (Lipinski definition) is 3. The third-order valence-corrected chi connectivity index (χ3v) is 4.39. The molecule has 9 heteroatoms. The Kier molecular flexibility index (Phi) is 4.69. The second kappa shape index (κ2) is 6.70. The van der Waals surface area contributed by atoms with Crippen LogP contribution in [0.5, 0.6) is 0 Å². The smallest absolute Gasteiger partial charge is 0.417 e. The van der Waals surface area contributed by atoms with E-state index in [1.54, 1.807) is 12.1 Å². The number of pyridine rings is 1. The van der Waals surface area contributed by atoms with Crippen LogP contribution in [0.15, 0.2) is 36.5 Å². The fraction of sp³-hybridized carbons (Fsp3) is 0.167. The van der Waals surface area contributed by atoms with E-state index in [-0.39, 0.29) is 17.0 Å². The molecule has 1 aromatic carbocycles. The minimum absolute atomic E-state index is 0.0468. The lowest BCUT2D eigenvalue weighted by Crippen LogP contribution is -2.14. The number of aliphatic carboxylic acids is 1. The summed E-state index contributed by atoms with van der Waals surface area (Å²) >= 11 is 5.94. The van der Waals surface area contributed by atoms with Gasteiger partial charge >= 0.3 is 12.1 Å². The number of aromatic amines is 1. The van der Waals surface area contributed by atoms with E-state index in [4.69, 9.17) is 11.6 Å². The van der Waals surface area contributed by atoms with Crippen molar-refractivity contribution in [3.8, 4) is 0 Å². The Balaban J connectivity index is 2.13. The van der Waals surface area contributed by atoms with Crippen LogP contribution in [0.1, 0.15) is 40.2 Å². The van der Waals surface area contributed by atoms with E-state index in [0.29, 0.717) is 22.1 Å². The molecule has 5 nitrogen and oxygen atoms in total. The fourth-order valence-corrected chi connectivity index (χ4v) is 2.94. The molecule has 3 aromatic rings. The second-order valence-electron chi connectivity index (χ2n) is 5.92. The summed E-state index contributed by atoms with van der Waals surface area (Å²) in [6.45, 7) is 1.41. The number of rotatable bonds is 4. The summed E-state index contributed by atoms with van der Waals surface area (Å²) in [6.07, 6.45) is -4.01. The van der Waals surface area contributed by atoms with Crippen molar-refractivity contribution in [2.24, 2.45) is 0 Å². The van der Waals surface area contributed by atoms with Crippen molar-refractivity contribution in [3.63, 3.8) is 0 Å². The van der Waals surface area contributed by atoms with Crippen molar-refractivity contribution in [2.45, 2.75) is 19.0 Å². The van der Waals surface area contributed by atoms with Gasteiger partial charge in [-0.05, 0) is 31.2 Å². The zero-order valence-corrected chi connectivity index (χ0v) is 14.5. The molecule has 2 heterocycles. The molecule has 1 atom stereocenters. The summed E-state index contributed by atoms with van der Waals surface area (Å²) in [5.41, 5.74) is -0.600. The molecule has 2 aromatic heterocycles. The molecular formula is C18H12ClF3N2O3. The Hall–Kier alpha value is -2.87. The van der Waals surface area contributed by atoms with Gasteiger partial charge in [0.15, 0.2) is 0 Å². The molecule has 1 unspecified atom stereocenters. The van der Waals surface area contributed by atoms with Gasteiger partial charge in [0, 0.05) is 27.7 Å². The van der Waals surface area contributed by atoms with E-state index < -0.39 is 29.4 Å². The number of aromatic nitrogens is 2. The van der Waals surface area contributed by atoms with Crippen LogP contribution in [0.3, 0.4) is 0 Å². The standard InChI is InChI=1S/C18H12ClF3N2O3/c1-8(17(26)27)14-11-4-3-10(19)6-13(11)24-15(14)16(25)12-5-2-9(7-23-12)18(20,21)22/h2-8,24H,1H3,(H,26,27). The highest BCUT2D eigenvalue weighted by Gasteiger charge is 2.32. The Bertz CT molecular complexity index is 1040. The van der Waals surface area contributed by atoms with Gasteiger partial charge in [0.05, 0.1) is 17.2 Å². The van der Waals surface area contributed by atoms with Crippen molar-refractivity contribution in [2.75, 3.05) is 0 Å². The van der Waals surface area contributed by atoms with Gasteiger partial charge in [0.25, 0.3) is 0 Å². The zero-order chi connectivity index (χ0) is 19.9. The van der Waals surface area contributed by atoms with Crippen LogP contribution in [-0.4, -0.2) is 26.8 Å². The summed E-state index contributed by atoms with van der Waals surface area (Å²) in [5, 5.41) is 10.2. The summed E-state index contributed by atoms with van der Waals surface area (Å²) in [5.74, 6) is -2.90. The van der Waals surface area contributed by atoms with Gasteiger partial charge in [-0.15, -0.1) is 0 Å². The van der Waals surface area contributed by atoms with Gasteiger partial charge in [-0.1, -0.05) is 17.7 Å². The molecule has 0 aliphatic carbocycles. The van der Waals surface area contributed by atoms with Gasteiger partial charge in [-0.3, -0.25) is 14.6 Å². The molecular weight excluding hydrogens is 385 g/mol. The lowest BCUT2D eigenvalue weighted by atomic mass is 9.95. The van der Waals surface area contributed by atoms with E-state index in [1.807, 2.05) is 0 Å². The minimum Gasteiger partial charge on any atom is -0.481 e. The van der Waals surface area contributed by atoms with E-state index in [1.165, 1.54) is 13.0 Å². The summed E-state index contributed by atoms with van der Waals surface area (Å²) in [6, 6.07) is 6.38. The van der Waals surface area contributed by atoms with E-state index in [0.717, 1.165) is 12.1 Å². The lowest BCUT2D eigenvalue weighted by Gasteiger charge is -2.09. The average molecular weight is 397 g/mol. The molecule has 3 rings (SSSR count). The summed E-state index contributed by atoms with van der Waals surface area (Å²) in [7, 11) is 0. The predicted molar refractivity (Wildman–Crippen MR) is 92.0 cm³/mol. The first-order chi connectivity index (χ1) is 12.6. The number of nitrogens with zero attached hydrogens (tertiary/aromatic N) is 1. The number of carbonyl (C=O) groups is 2. The number of nitrogens with one attached hydrogen (secondary N) is 1. The largest absolute Gasteiger partial charge is 0.481 e. The SMILES string of the molecule is CC(C(=O)O)c1c(C(=O)c2ccc(C(F)(F)F)cn2)[nH]c2cc(Cl)ccc12. The summed E-state index contributed by atoms with van der Waals surface area (Å²) < 4.78 is 38.0. The number of carboxylic acids is 1. The molecule has 0 aliphatic heterocycles. The topological polar surface area (TPSA) is 83.0 Å². The quantitative estimate of drug-likeness (QED) is 0.628. The highest BCUT2D eigenvalue weighted by molar-refractivity contribution is 6.31. The van der Waals surface area contributed by atoms with Crippen molar-refractivity contribution in [1.29, 1.82) is 0 Å². The number of halogens is 4. The normalized spacial score (nSPS) is 12.9. The van der Waals surface area contributed by atoms with E-state index in [9.17, 15) is 27.9 Å². The van der Waals surface area contributed by atoms with Gasteiger partial charge < -0.3 is 10.1 Å². The molecule has 0 radical (unpaired) electrons. The van der Waals surface area contributed by atoms with Crippen molar-refractivity contribution >= 4 is 34.3 Å². The Labute approximate surface area is 155 Å². The van der Waals surface area contributed by atoms with Crippen molar-refractivity contribution < 1.29 is 27.9 Å². The molecule has 140 valence electrons. The van der Waals surface area contributed by atoms with Gasteiger partial charge in [-0.25, -0.2) is 0 Å². The Morgan fingerprint density at radius 2 is 1.93 bits per heavy atom. The predicted octanol–water partition coefficient (Wildman–Crippen LogP) is 4.65. The van der Waals surface area contributed by atoms with Crippen molar-refractivity contribution in [1.82, 2.24) is 9.97 Å². The zero-order valence-electron chi connectivity index (χ0n) is 13.8. The van der Waals surface area contributed by atoms with E-state index >= 15 is 0 Å². The highest BCUT2D eigenvalue weighted by Crippen LogP contribution is 2.33.